The minimum Gasteiger partial charge on any atom is -0.394 e. The van der Waals surface area contributed by atoms with Gasteiger partial charge < -0.3 is 20.6 Å². The average Bonchev–Trinajstić information content (AvgIpc) is 2.72. The van der Waals surface area contributed by atoms with Crippen LogP contribution in [0.3, 0.4) is 0 Å². The van der Waals surface area contributed by atoms with E-state index in [0.717, 1.165) is 36.0 Å². The lowest BCUT2D eigenvalue weighted by molar-refractivity contribution is 0.216. The molecule has 0 radical (unpaired) electrons. The van der Waals surface area contributed by atoms with Crippen molar-refractivity contribution in [1.82, 2.24) is 15.6 Å². The zero-order valence-electron chi connectivity index (χ0n) is 15.8. The smallest absolute Gasteiger partial charge is 0.315 e. The van der Waals surface area contributed by atoms with E-state index in [4.69, 9.17) is 0 Å². The number of carbonyl (C=O) groups excluding carboxylic acids is 1. The number of pyridine rings is 1. The first-order valence-corrected chi connectivity index (χ1v) is 9.55. The van der Waals surface area contributed by atoms with Gasteiger partial charge in [-0.2, -0.15) is 0 Å². The van der Waals surface area contributed by atoms with Gasteiger partial charge in [-0.3, -0.25) is 0 Å². The number of aliphatic hydroxyl groups is 1. The lowest BCUT2D eigenvalue weighted by Crippen LogP contribution is -2.38. The van der Waals surface area contributed by atoms with Crippen molar-refractivity contribution in [3.8, 4) is 0 Å². The molecule has 2 aromatic rings. The van der Waals surface area contributed by atoms with Crippen LogP contribution in [0.15, 0.2) is 48.7 Å². The normalized spacial score (nSPS) is 16.0. The molecule has 6 nitrogen and oxygen atoms in total. The van der Waals surface area contributed by atoms with Crippen LogP contribution in [0.2, 0.25) is 0 Å². The third-order valence-electron chi connectivity index (χ3n) is 5.06. The Kier molecular flexibility index (Phi) is 6.65. The van der Waals surface area contributed by atoms with Gasteiger partial charge in [0.05, 0.1) is 12.6 Å². The van der Waals surface area contributed by atoms with Crippen molar-refractivity contribution in [2.45, 2.75) is 32.4 Å². The summed E-state index contributed by atoms with van der Waals surface area (Å²) in [5.41, 5.74) is 1.82. The summed E-state index contributed by atoms with van der Waals surface area (Å²) in [6.07, 6.45) is 4.23. The Labute approximate surface area is 160 Å². The molecular formula is C21H28N4O2. The minimum absolute atomic E-state index is 0.151. The molecule has 1 saturated heterocycles. The van der Waals surface area contributed by atoms with Gasteiger partial charge in [0.15, 0.2) is 0 Å². The number of amides is 2. The number of rotatable bonds is 6. The van der Waals surface area contributed by atoms with Crippen LogP contribution < -0.4 is 15.5 Å². The van der Waals surface area contributed by atoms with E-state index < -0.39 is 6.04 Å². The zero-order chi connectivity index (χ0) is 19.1. The predicted molar refractivity (Wildman–Crippen MR) is 106 cm³/mol. The summed E-state index contributed by atoms with van der Waals surface area (Å²) < 4.78 is 0. The van der Waals surface area contributed by atoms with E-state index in [9.17, 15) is 9.90 Å². The van der Waals surface area contributed by atoms with Gasteiger partial charge >= 0.3 is 6.03 Å². The number of hydrogen-bond donors (Lipinski definition) is 3. The standard InChI is InChI=1S/C21H28N4O2/c1-16-9-11-25(12-10-16)20-8-7-17(13-22-20)14-23-21(27)24-19(15-26)18-5-3-2-4-6-18/h2-8,13,16,19,26H,9-12,14-15H2,1H3,(H2,23,24,27). The zero-order valence-corrected chi connectivity index (χ0v) is 15.8. The Morgan fingerprint density at radius 3 is 2.59 bits per heavy atom. The van der Waals surface area contributed by atoms with E-state index in [1.54, 1.807) is 0 Å². The summed E-state index contributed by atoms with van der Waals surface area (Å²) in [5.74, 6) is 1.79. The van der Waals surface area contributed by atoms with Gasteiger partial charge in [0, 0.05) is 25.8 Å². The molecule has 6 heteroatoms. The highest BCUT2D eigenvalue weighted by atomic mass is 16.3. The van der Waals surface area contributed by atoms with Crippen molar-refractivity contribution in [2.24, 2.45) is 5.92 Å². The third kappa shape index (κ3) is 5.44. The SMILES string of the molecule is CC1CCN(c2ccc(CNC(=O)NC(CO)c3ccccc3)cn2)CC1. The molecule has 1 atom stereocenters. The van der Waals surface area contributed by atoms with Crippen molar-refractivity contribution < 1.29 is 9.90 Å². The molecule has 1 aliphatic heterocycles. The van der Waals surface area contributed by atoms with E-state index in [1.165, 1.54) is 12.8 Å². The minimum atomic E-state index is -0.423. The fourth-order valence-corrected chi connectivity index (χ4v) is 3.26. The molecule has 2 amide bonds. The van der Waals surface area contributed by atoms with E-state index >= 15 is 0 Å². The summed E-state index contributed by atoms with van der Waals surface area (Å²) in [5, 5.41) is 15.1. The number of benzene rings is 1. The van der Waals surface area contributed by atoms with Crippen LogP contribution in [-0.2, 0) is 6.54 Å². The molecule has 2 heterocycles. The van der Waals surface area contributed by atoms with Gasteiger partial charge in [-0.05, 0) is 36.0 Å². The molecule has 3 rings (SSSR count). The molecule has 1 aliphatic rings. The molecule has 27 heavy (non-hydrogen) atoms. The van der Waals surface area contributed by atoms with Gasteiger partial charge in [0.25, 0.3) is 0 Å². The lowest BCUT2D eigenvalue weighted by Gasteiger charge is -2.31. The van der Waals surface area contributed by atoms with Crippen molar-refractivity contribution in [2.75, 3.05) is 24.6 Å². The summed E-state index contributed by atoms with van der Waals surface area (Å²) in [7, 11) is 0. The average molecular weight is 368 g/mol. The first kappa shape index (κ1) is 19.2. The molecule has 1 aromatic heterocycles. The van der Waals surface area contributed by atoms with E-state index in [2.05, 4.69) is 27.4 Å². The molecule has 0 spiro atoms. The van der Waals surface area contributed by atoms with Crippen LogP contribution in [0.25, 0.3) is 0 Å². The van der Waals surface area contributed by atoms with E-state index in [-0.39, 0.29) is 12.6 Å². The highest BCUT2D eigenvalue weighted by Gasteiger charge is 2.17. The number of nitrogens with zero attached hydrogens (tertiary/aromatic N) is 2. The summed E-state index contributed by atoms with van der Waals surface area (Å²) in [4.78, 5) is 19.0. The fourth-order valence-electron chi connectivity index (χ4n) is 3.26. The number of piperidine rings is 1. The van der Waals surface area contributed by atoms with Crippen LogP contribution in [-0.4, -0.2) is 35.8 Å². The molecule has 0 aliphatic carbocycles. The van der Waals surface area contributed by atoms with E-state index in [1.807, 2.05) is 48.7 Å². The van der Waals surface area contributed by atoms with Crippen molar-refractivity contribution >= 4 is 11.8 Å². The summed E-state index contributed by atoms with van der Waals surface area (Å²) in [6, 6.07) is 12.7. The van der Waals surface area contributed by atoms with Gasteiger partial charge in [-0.25, -0.2) is 9.78 Å². The Balaban J connectivity index is 1.48. The second-order valence-corrected chi connectivity index (χ2v) is 7.17. The number of carbonyl (C=O) groups is 1. The molecule has 1 aromatic carbocycles. The Hall–Kier alpha value is -2.60. The molecule has 0 bridgehead atoms. The maximum atomic E-state index is 12.1. The molecule has 1 unspecified atom stereocenters. The van der Waals surface area contributed by atoms with Gasteiger partial charge in [-0.15, -0.1) is 0 Å². The Morgan fingerprint density at radius 2 is 1.96 bits per heavy atom. The monoisotopic (exact) mass is 368 g/mol. The van der Waals surface area contributed by atoms with Crippen LogP contribution in [0.4, 0.5) is 10.6 Å². The fraction of sp³-hybridized carbons (Fsp3) is 0.429. The molecule has 144 valence electrons. The second-order valence-electron chi connectivity index (χ2n) is 7.17. The van der Waals surface area contributed by atoms with Crippen molar-refractivity contribution in [1.29, 1.82) is 0 Å². The first-order chi connectivity index (χ1) is 13.2. The Bertz CT molecular complexity index is 713. The van der Waals surface area contributed by atoms with Crippen LogP contribution in [0, 0.1) is 5.92 Å². The quantitative estimate of drug-likeness (QED) is 0.733. The molecular weight excluding hydrogens is 340 g/mol. The molecule has 3 N–H and O–H groups in total. The van der Waals surface area contributed by atoms with Gasteiger partial charge in [0.1, 0.15) is 5.82 Å². The first-order valence-electron chi connectivity index (χ1n) is 9.55. The van der Waals surface area contributed by atoms with Crippen LogP contribution in [0.1, 0.15) is 36.9 Å². The topological polar surface area (TPSA) is 77.5 Å². The second kappa shape index (κ2) is 9.37. The highest BCUT2D eigenvalue weighted by Crippen LogP contribution is 2.21. The van der Waals surface area contributed by atoms with E-state index in [0.29, 0.717) is 6.54 Å². The number of aromatic nitrogens is 1. The number of hydrogen-bond acceptors (Lipinski definition) is 4. The number of anilines is 1. The van der Waals surface area contributed by atoms with Crippen molar-refractivity contribution in [3.63, 3.8) is 0 Å². The summed E-state index contributed by atoms with van der Waals surface area (Å²) in [6.45, 7) is 4.64. The van der Waals surface area contributed by atoms with Gasteiger partial charge in [-0.1, -0.05) is 43.3 Å². The number of urea groups is 1. The highest BCUT2D eigenvalue weighted by molar-refractivity contribution is 5.74. The van der Waals surface area contributed by atoms with Crippen molar-refractivity contribution in [3.05, 3.63) is 59.8 Å². The largest absolute Gasteiger partial charge is 0.394 e. The maximum Gasteiger partial charge on any atom is 0.315 e. The predicted octanol–water partition coefficient (Wildman–Crippen LogP) is 2.85. The van der Waals surface area contributed by atoms with Crippen LogP contribution >= 0.6 is 0 Å². The maximum absolute atomic E-state index is 12.1. The summed E-state index contributed by atoms with van der Waals surface area (Å²) >= 11 is 0. The van der Waals surface area contributed by atoms with Gasteiger partial charge in [0.2, 0.25) is 0 Å². The number of nitrogens with one attached hydrogen (secondary N) is 2. The van der Waals surface area contributed by atoms with Crippen LogP contribution in [0.5, 0.6) is 0 Å². The lowest BCUT2D eigenvalue weighted by atomic mass is 9.99. The molecule has 1 fully saturated rings. The Morgan fingerprint density at radius 1 is 1.22 bits per heavy atom. The third-order valence-corrected chi connectivity index (χ3v) is 5.06. The molecule has 0 saturated carbocycles. The number of aliphatic hydroxyl groups excluding tert-OH is 1.